The number of aromatic amines is 1. The smallest absolute Gasteiger partial charge is 0.258 e. The van der Waals surface area contributed by atoms with Crippen LogP contribution in [0.4, 0.5) is 0 Å². The zero-order valence-corrected chi connectivity index (χ0v) is 15.9. The third-order valence-corrected chi connectivity index (χ3v) is 5.78. The van der Waals surface area contributed by atoms with Gasteiger partial charge in [-0.25, -0.2) is 4.98 Å². The first-order valence-corrected chi connectivity index (χ1v) is 10.1. The Labute approximate surface area is 161 Å². The van der Waals surface area contributed by atoms with Crippen molar-refractivity contribution in [3.05, 3.63) is 62.8 Å². The number of benzene rings is 1. The summed E-state index contributed by atoms with van der Waals surface area (Å²) in [4.78, 5) is 37.6. The van der Waals surface area contributed by atoms with Gasteiger partial charge in [0.25, 0.3) is 5.56 Å². The van der Waals surface area contributed by atoms with E-state index in [1.807, 2.05) is 23.1 Å². The summed E-state index contributed by atoms with van der Waals surface area (Å²) in [5, 5.41) is 2.68. The summed E-state index contributed by atoms with van der Waals surface area (Å²) in [6, 6.07) is 11.5. The molecule has 27 heavy (non-hydrogen) atoms. The van der Waals surface area contributed by atoms with Gasteiger partial charge in [-0.3, -0.25) is 14.5 Å². The van der Waals surface area contributed by atoms with E-state index < -0.39 is 0 Å². The lowest BCUT2D eigenvalue weighted by atomic mass is 10.2. The summed E-state index contributed by atoms with van der Waals surface area (Å²) in [6.45, 7) is 4.27. The van der Waals surface area contributed by atoms with E-state index in [1.165, 1.54) is 4.88 Å². The van der Waals surface area contributed by atoms with Gasteiger partial charge in [0.1, 0.15) is 5.82 Å². The van der Waals surface area contributed by atoms with Crippen molar-refractivity contribution in [3.63, 3.8) is 0 Å². The molecule has 0 spiro atoms. The first kappa shape index (κ1) is 17.9. The SMILES string of the molecule is O=C(CCc1nc2ccccc2c(=O)[nH]1)N1CCN(Cc2cccs2)CC1. The number of carbonyl (C=O) groups excluding carboxylic acids is 1. The van der Waals surface area contributed by atoms with E-state index >= 15 is 0 Å². The molecule has 140 valence electrons. The normalized spacial score (nSPS) is 15.3. The van der Waals surface area contributed by atoms with Gasteiger partial charge in [0.05, 0.1) is 10.9 Å². The molecule has 1 amide bonds. The molecular weight excluding hydrogens is 360 g/mol. The van der Waals surface area contributed by atoms with Crippen molar-refractivity contribution in [2.45, 2.75) is 19.4 Å². The van der Waals surface area contributed by atoms with E-state index in [-0.39, 0.29) is 11.5 Å². The molecule has 3 aromatic rings. The molecule has 3 heterocycles. The second-order valence-corrected chi connectivity index (χ2v) is 7.80. The van der Waals surface area contributed by atoms with Crippen molar-refractivity contribution in [3.8, 4) is 0 Å². The lowest BCUT2D eigenvalue weighted by Crippen LogP contribution is -2.48. The Kier molecular flexibility index (Phi) is 5.31. The number of piperazine rings is 1. The zero-order chi connectivity index (χ0) is 18.6. The number of H-pyrrole nitrogens is 1. The fourth-order valence-corrected chi connectivity index (χ4v) is 4.16. The highest BCUT2D eigenvalue weighted by molar-refractivity contribution is 7.09. The topological polar surface area (TPSA) is 69.3 Å². The van der Waals surface area contributed by atoms with Crippen molar-refractivity contribution < 1.29 is 4.79 Å². The van der Waals surface area contributed by atoms with Crippen LogP contribution in [0.3, 0.4) is 0 Å². The van der Waals surface area contributed by atoms with Crippen LogP contribution in [-0.4, -0.2) is 51.9 Å². The van der Waals surface area contributed by atoms with Gasteiger partial charge in [0.15, 0.2) is 0 Å². The fraction of sp³-hybridized carbons (Fsp3) is 0.350. The van der Waals surface area contributed by atoms with Crippen LogP contribution >= 0.6 is 11.3 Å². The van der Waals surface area contributed by atoms with Crippen molar-refractivity contribution in [1.82, 2.24) is 19.8 Å². The number of aromatic nitrogens is 2. The van der Waals surface area contributed by atoms with Gasteiger partial charge in [-0.15, -0.1) is 11.3 Å². The van der Waals surface area contributed by atoms with Crippen molar-refractivity contribution >= 4 is 28.1 Å². The summed E-state index contributed by atoms with van der Waals surface area (Å²) in [7, 11) is 0. The van der Waals surface area contributed by atoms with Crippen LogP contribution in [0.5, 0.6) is 0 Å². The molecule has 1 aromatic carbocycles. The quantitative estimate of drug-likeness (QED) is 0.735. The van der Waals surface area contributed by atoms with Crippen LogP contribution in [0, 0.1) is 0 Å². The number of hydrogen-bond acceptors (Lipinski definition) is 5. The molecular formula is C20H22N4O2S. The molecule has 2 aromatic heterocycles. The van der Waals surface area contributed by atoms with Crippen LogP contribution in [0.25, 0.3) is 10.9 Å². The molecule has 4 rings (SSSR count). The maximum absolute atomic E-state index is 12.5. The van der Waals surface area contributed by atoms with Gasteiger partial charge in [-0.2, -0.15) is 0 Å². The van der Waals surface area contributed by atoms with E-state index in [2.05, 4.69) is 32.4 Å². The Bertz CT molecular complexity index is 975. The van der Waals surface area contributed by atoms with E-state index in [4.69, 9.17) is 0 Å². The molecule has 0 radical (unpaired) electrons. The van der Waals surface area contributed by atoms with Gasteiger partial charge in [0.2, 0.25) is 5.91 Å². The average Bonchev–Trinajstić information content (AvgIpc) is 3.20. The minimum atomic E-state index is -0.148. The van der Waals surface area contributed by atoms with Crippen LogP contribution < -0.4 is 5.56 Å². The number of hydrogen-bond donors (Lipinski definition) is 1. The number of para-hydroxylation sites is 1. The van der Waals surface area contributed by atoms with Gasteiger partial charge < -0.3 is 9.88 Å². The second-order valence-electron chi connectivity index (χ2n) is 6.77. The molecule has 0 aliphatic carbocycles. The summed E-state index contributed by atoms with van der Waals surface area (Å²) in [5.74, 6) is 0.699. The number of fused-ring (bicyclic) bond motifs is 1. The largest absolute Gasteiger partial charge is 0.340 e. The number of aryl methyl sites for hydroxylation is 1. The van der Waals surface area contributed by atoms with Gasteiger partial charge in [-0.05, 0) is 23.6 Å². The van der Waals surface area contributed by atoms with Gasteiger partial charge in [0, 0.05) is 50.4 Å². The molecule has 6 nitrogen and oxygen atoms in total. The van der Waals surface area contributed by atoms with Crippen LogP contribution in [0.2, 0.25) is 0 Å². The lowest BCUT2D eigenvalue weighted by Gasteiger charge is -2.34. The Hall–Kier alpha value is -2.51. The Morgan fingerprint density at radius 3 is 2.70 bits per heavy atom. The number of nitrogens with zero attached hydrogens (tertiary/aromatic N) is 3. The molecule has 0 saturated carbocycles. The summed E-state index contributed by atoms with van der Waals surface area (Å²) in [6.07, 6.45) is 0.820. The number of carbonyl (C=O) groups is 1. The van der Waals surface area contributed by atoms with Gasteiger partial charge in [-0.1, -0.05) is 18.2 Å². The van der Waals surface area contributed by atoms with E-state index in [0.29, 0.717) is 29.6 Å². The lowest BCUT2D eigenvalue weighted by molar-refractivity contribution is -0.133. The third kappa shape index (κ3) is 4.26. The predicted octanol–water partition coefficient (Wildman–Crippen LogP) is 2.26. The monoisotopic (exact) mass is 382 g/mol. The molecule has 0 unspecified atom stereocenters. The standard InChI is InChI=1S/C20H22N4O2S/c25-19(24-11-9-23(10-12-24)14-15-4-3-13-27-15)8-7-18-21-17-6-2-1-5-16(17)20(26)22-18/h1-6,13H,7-12,14H2,(H,21,22,26). The molecule has 1 N–H and O–H groups in total. The third-order valence-electron chi connectivity index (χ3n) is 4.92. The van der Waals surface area contributed by atoms with Crippen molar-refractivity contribution in [1.29, 1.82) is 0 Å². The van der Waals surface area contributed by atoms with Crippen LogP contribution in [-0.2, 0) is 17.8 Å². The predicted molar refractivity (Wildman–Crippen MR) is 107 cm³/mol. The Morgan fingerprint density at radius 2 is 1.93 bits per heavy atom. The minimum Gasteiger partial charge on any atom is -0.340 e. The molecule has 1 saturated heterocycles. The molecule has 0 atom stereocenters. The number of amides is 1. The molecule has 1 aliphatic heterocycles. The maximum Gasteiger partial charge on any atom is 0.258 e. The Balaban J connectivity index is 1.30. The maximum atomic E-state index is 12.5. The molecule has 0 bridgehead atoms. The molecule has 1 fully saturated rings. The summed E-state index contributed by atoms with van der Waals surface area (Å²) in [5.41, 5.74) is 0.524. The minimum absolute atomic E-state index is 0.126. The zero-order valence-electron chi connectivity index (χ0n) is 15.1. The summed E-state index contributed by atoms with van der Waals surface area (Å²) >= 11 is 1.77. The van der Waals surface area contributed by atoms with Crippen LogP contribution in [0.1, 0.15) is 17.1 Å². The van der Waals surface area contributed by atoms with E-state index in [9.17, 15) is 9.59 Å². The number of thiophene rings is 1. The highest BCUT2D eigenvalue weighted by atomic mass is 32.1. The molecule has 1 aliphatic rings. The first-order chi connectivity index (χ1) is 13.2. The van der Waals surface area contributed by atoms with Crippen molar-refractivity contribution in [2.75, 3.05) is 26.2 Å². The van der Waals surface area contributed by atoms with Crippen molar-refractivity contribution in [2.24, 2.45) is 0 Å². The Morgan fingerprint density at radius 1 is 1.11 bits per heavy atom. The summed E-state index contributed by atoms with van der Waals surface area (Å²) < 4.78 is 0. The molecule has 7 heteroatoms. The number of nitrogens with one attached hydrogen (secondary N) is 1. The van der Waals surface area contributed by atoms with E-state index in [1.54, 1.807) is 17.4 Å². The van der Waals surface area contributed by atoms with E-state index in [0.717, 1.165) is 32.7 Å². The first-order valence-electron chi connectivity index (χ1n) is 9.19. The number of rotatable bonds is 5. The van der Waals surface area contributed by atoms with Crippen LogP contribution in [0.15, 0.2) is 46.6 Å². The fourth-order valence-electron chi connectivity index (χ4n) is 3.42. The van der Waals surface area contributed by atoms with Gasteiger partial charge >= 0.3 is 0 Å². The highest BCUT2D eigenvalue weighted by Crippen LogP contribution is 2.14. The highest BCUT2D eigenvalue weighted by Gasteiger charge is 2.21. The second kappa shape index (κ2) is 8.02. The average molecular weight is 382 g/mol.